The number of hydrogen-bond acceptors (Lipinski definition) is 3. The highest BCUT2D eigenvalue weighted by molar-refractivity contribution is 6.17. The summed E-state index contributed by atoms with van der Waals surface area (Å²) in [6.45, 7) is 0. The number of fused-ring (bicyclic) bond motifs is 5. The monoisotopic (exact) mass is 792 g/mol. The molecule has 2 aliphatic rings. The van der Waals surface area contributed by atoms with E-state index in [4.69, 9.17) is 9.98 Å². The van der Waals surface area contributed by atoms with E-state index in [0.717, 1.165) is 67.8 Å². The Balaban J connectivity index is 1.05. The summed E-state index contributed by atoms with van der Waals surface area (Å²) in [5.74, 6) is 0.947. The minimum atomic E-state index is 0.0555. The van der Waals surface area contributed by atoms with Gasteiger partial charge in [0.25, 0.3) is 0 Å². The average molecular weight is 793 g/mol. The van der Waals surface area contributed by atoms with E-state index in [9.17, 15) is 0 Å². The zero-order valence-electron chi connectivity index (χ0n) is 33.7. The van der Waals surface area contributed by atoms with Gasteiger partial charge in [-0.3, -0.25) is 4.98 Å². The lowest BCUT2D eigenvalue weighted by Gasteiger charge is -2.14. The predicted octanol–water partition coefficient (Wildman–Crippen LogP) is 13.4. The summed E-state index contributed by atoms with van der Waals surface area (Å²) in [6, 6.07) is 67.5. The first-order chi connectivity index (χ1) is 30.7. The van der Waals surface area contributed by atoms with Gasteiger partial charge in [-0.2, -0.15) is 0 Å². The van der Waals surface area contributed by atoms with Gasteiger partial charge in [-0.25, -0.2) is 9.56 Å². The van der Waals surface area contributed by atoms with E-state index < -0.39 is 0 Å². The van der Waals surface area contributed by atoms with Gasteiger partial charge in [0, 0.05) is 40.2 Å². The minimum absolute atomic E-state index is 0.0555. The highest BCUT2D eigenvalue weighted by Crippen LogP contribution is 2.45. The molecule has 5 heteroatoms. The fraction of sp³-hybridized carbons (Fsp3) is 0.0175. The maximum atomic E-state index is 5.21. The van der Waals surface area contributed by atoms with Crippen molar-refractivity contribution in [1.29, 1.82) is 0 Å². The molecule has 0 fully saturated rings. The molecule has 10 aromatic rings. The van der Waals surface area contributed by atoms with Crippen LogP contribution in [-0.2, 0) is 0 Å². The minimum Gasteiger partial charge on any atom is -0.309 e. The van der Waals surface area contributed by atoms with Gasteiger partial charge in [0.05, 0.1) is 28.2 Å². The molecule has 1 atom stereocenters. The zero-order valence-corrected chi connectivity index (χ0v) is 33.7. The van der Waals surface area contributed by atoms with Crippen molar-refractivity contribution in [3.63, 3.8) is 0 Å². The molecule has 1 aliphatic carbocycles. The third-order valence-corrected chi connectivity index (χ3v) is 12.2. The molecule has 62 heavy (non-hydrogen) atoms. The fourth-order valence-electron chi connectivity index (χ4n) is 9.30. The van der Waals surface area contributed by atoms with E-state index in [1.54, 1.807) is 0 Å². The van der Waals surface area contributed by atoms with Crippen LogP contribution in [-0.4, -0.2) is 36.7 Å². The summed E-state index contributed by atoms with van der Waals surface area (Å²) in [4.78, 5) is 14.4. The van der Waals surface area contributed by atoms with Crippen molar-refractivity contribution in [1.82, 2.24) is 14.5 Å². The number of para-hydroxylation sites is 1. The highest BCUT2D eigenvalue weighted by Gasteiger charge is 2.37. The number of aliphatic imine (C=N–C) groups is 1. The average Bonchev–Trinajstić information content (AvgIpc) is 3.91. The van der Waals surface area contributed by atoms with Crippen molar-refractivity contribution in [3.05, 3.63) is 230 Å². The van der Waals surface area contributed by atoms with Crippen LogP contribution in [0.15, 0.2) is 230 Å². The summed E-state index contributed by atoms with van der Waals surface area (Å²) < 4.78 is 4.80. The Labute approximate surface area is 359 Å². The molecule has 0 saturated heterocycles. The molecule has 0 bridgehead atoms. The van der Waals surface area contributed by atoms with Crippen molar-refractivity contribution in [2.75, 3.05) is 0 Å². The second-order valence-electron chi connectivity index (χ2n) is 15.8. The molecular formula is C57H38N5+. The standard InChI is InChI=1S/C57H38N5/c1-4-13-39(14-5-1)55-49-37-48-43(24-23-42-35-44(27-30-47(42)48)51-21-12-20-50(59-51)38-31-33-58-34-32-38)36-54(49)61(56(55)40-15-6-2-7-16-40)46-28-25-41(26-29-46)57-60-52-19-10-11-22-53(52)62(57)45-17-8-3-9-18-45/h1-37,53H/q+1. The molecule has 12 rings (SSSR count). The van der Waals surface area contributed by atoms with Gasteiger partial charge in [0.1, 0.15) is 5.69 Å². The topological polar surface area (TPSA) is 46.1 Å². The molecular weight excluding hydrogens is 755 g/mol. The Morgan fingerprint density at radius 2 is 1.16 bits per heavy atom. The van der Waals surface area contributed by atoms with Gasteiger partial charge in [-0.1, -0.05) is 121 Å². The third kappa shape index (κ3) is 6.02. The smallest absolute Gasteiger partial charge is 0.309 e. The number of nitrogens with zero attached hydrogens (tertiary/aromatic N) is 5. The Morgan fingerprint density at radius 3 is 1.92 bits per heavy atom. The number of rotatable bonds is 7. The van der Waals surface area contributed by atoms with Crippen molar-refractivity contribution in [2.45, 2.75) is 6.04 Å². The molecule has 7 aromatic carbocycles. The Kier molecular flexibility index (Phi) is 8.49. The molecule has 5 nitrogen and oxygen atoms in total. The molecule has 4 heterocycles. The van der Waals surface area contributed by atoms with Crippen LogP contribution in [0.25, 0.3) is 83.0 Å². The number of allylic oxidation sites excluding steroid dienone is 2. The van der Waals surface area contributed by atoms with Crippen LogP contribution in [0.4, 0.5) is 5.69 Å². The quantitative estimate of drug-likeness (QED) is 0.119. The molecule has 0 N–H and O–H groups in total. The largest absolute Gasteiger partial charge is 0.332 e. The van der Waals surface area contributed by atoms with Gasteiger partial charge in [0.2, 0.25) is 5.71 Å². The third-order valence-electron chi connectivity index (χ3n) is 12.2. The predicted molar refractivity (Wildman–Crippen MR) is 256 cm³/mol. The molecule has 0 radical (unpaired) electrons. The van der Waals surface area contributed by atoms with Gasteiger partial charge >= 0.3 is 5.84 Å². The highest BCUT2D eigenvalue weighted by atomic mass is 15.2. The van der Waals surface area contributed by atoms with Crippen molar-refractivity contribution in [3.8, 4) is 50.6 Å². The molecule has 290 valence electrons. The molecule has 1 aliphatic heterocycles. The maximum absolute atomic E-state index is 5.21. The molecule has 0 amide bonds. The number of hydrogen-bond donors (Lipinski definition) is 0. The Morgan fingerprint density at radius 1 is 0.484 bits per heavy atom. The Hall–Kier alpha value is -8.28. The van der Waals surface area contributed by atoms with E-state index in [0.29, 0.717) is 0 Å². The van der Waals surface area contributed by atoms with Gasteiger partial charge in [-0.15, -0.1) is 0 Å². The fourth-order valence-corrected chi connectivity index (χ4v) is 9.30. The summed E-state index contributed by atoms with van der Waals surface area (Å²) in [5.41, 5.74) is 14.2. The van der Waals surface area contributed by atoms with Crippen LogP contribution in [0.2, 0.25) is 0 Å². The van der Waals surface area contributed by atoms with Gasteiger partial charge in [0.15, 0.2) is 6.04 Å². The normalized spacial score (nSPS) is 14.5. The van der Waals surface area contributed by atoms with Crippen LogP contribution in [0.1, 0.15) is 5.56 Å². The number of benzene rings is 7. The van der Waals surface area contributed by atoms with Gasteiger partial charge in [-0.05, 0) is 129 Å². The molecule has 1 unspecified atom stereocenters. The number of amidine groups is 1. The van der Waals surface area contributed by atoms with Crippen molar-refractivity contribution in [2.24, 2.45) is 4.99 Å². The molecule has 3 aromatic heterocycles. The van der Waals surface area contributed by atoms with Crippen molar-refractivity contribution >= 4 is 49.7 Å². The maximum Gasteiger partial charge on any atom is 0.332 e. The van der Waals surface area contributed by atoms with Crippen molar-refractivity contribution < 1.29 is 4.58 Å². The van der Waals surface area contributed by atoms with E-state index in [1.165, 1.54) is 38.1 Å². The van der Waals surface area contributed by atoms with Crippen LogP contribution in [0.5, 0.6) is 0 Å². The lowest BCUT2D eigenvalue weighted by Crippen LogP contribution is -2.26. The van der Waals surface area contributed by atoms with E-state index in [-0.39, 0.29) is 6.04 Å². The first kappa shape index (κ1) is 35.6. The second-order valence-corrected chi connectivity index (χ2v) is 15.8. The summed E-state index contributed by atoms with van der Waals surface area (Å²) in [5, 5.41) is 5.98. The van der Waals surface area contributed by atoms with Crippen LogP contribution in [0.3, 0.4) is 0 Å². The second kappa shape index (κ2) is 14.8. The first-order valence-corrected chi connectivity index (χ1v) is 21.0. The van der Waals surface area contributed by atoms with Crippen LogP contribution >= 0.6 is 0 Å². The summed E-state index contributed by atoms with van der Waals surface area (Å²) in [6.07, 6.45) is 12.2. The lowest BCUT2D eigenvalue weighted by atomic mass is 9.94. The molecule has 0 saturated carbocycles. The van der Waals surface area contributed by atoms with Gasteiger partial charge < -0.3 is 4.57 Å². The lowest BCUT2D eigenvalue weighted by molar-refractivity contribution is -0.447. The number of aromatic nitrogens is 3. The van der Waals surface area contributed by atoms with E-state index in [1.807, 2.05) is 24.5 Å². The van der Waals surface area contributed by atoms with E-state index in [2.05, 4.69) is 214 Å². The van der Waals surface area contributed by atoms with Crippen LogP contribution in [0, 0.1) is 0 Å². The van der Waals surface area contributed by atoms with Crippen LogP contribution < -0.4 is 0 Å². The molecule has 0 spiro atoms. The zero-order chi connectivity index (χ0) is 41.0. The summed E-state index contributed by atoms with van der Waals surface area (Å²) >= 11 is 0. The first-order valence-electron chi connectivity index (χ1n) is 21.0. The summed E-state index contributed by atoms with van der Waals surface area (Å²) in [7, 11) is 0. The number of pyridine rings is 2. The SMILES string of the molecule is C1=CC2=NC(c3ccc(-n4c(-c5ccccc5)c(-c5ccccc5)c5cc6c(ccc7cc(-c8cccc(-c9ccncc9)n8)ccc76)cc54)cc3)=[N+](c3ccccc3)C2C=C1. The Bertz CT molecular complexity index is 3470. The van der Waals surface area contributed by atoms with E-state index >= 15 is 0 Å².